The van der Waals surface area contributed by atoms with Gasteiger partial charge in [-0.15, -0.1) is 0 Å². The van der Waals surface area contributed by atoms with E-state index in [0.717, 1.165) is 18.8 Å². The molecule has 1 fully saturated rings. The number of rotatable bonds is 6. The van der Waals surface area contributed by atoms with Gasteiger partial charge in [-0.1, -0.05) is 29.4 Å². The molecule has 4 rings (SSSR count). The maximum atomic E-state index is 5.62. The van der Waals surface area contributed by atoms with Crippen LogP contribution in [-0.2, 0) is 17.7 Å². The van der Waals surface area contributed by atoms with Gasteiger partial charge in [-0.25, -0.2) is 0 Å². The third-order valence-corrected chi connectivity index (χ3v) is 4.94. The number of ether oxygens (including phenoxy) is 1. The fraction of sp³-hybridized carbons (Fsp3) is 0.444. The highest BCUT2D eigenvalue weighted by molar-refractivity contribution is 5.28. The highest BCUT2D eigenvalue weighted by Gasteiger charge is 2.36. The van der Waals surface area contributed by atoms with E-state index in [1.54, 1.807) is 13.3 Å². The van der Waals surface area contributed by atoms with E-state index in [4.69, 9.17) is 9.26 Å². The second-order valence-corrected chi connectivity index (χ2v) is 6.68. The van der Waals surface area contributed by atoms with Crippen molar-refractivity contribution in [2.75, 3.05) is 20.2 Å². The zero-order chi connectivity index (χ0) is 17.9. The lowest BCUT2D eigenvalue weighted by Crippen LogP contribution is -2.22. The largest absolute Gasteiger partial charge is 0.379 e. The van der Waals surface area contributed by atoms with Gasteiger partial charge >= 0.3 is 0 Å². The Morgan fingerprint density at radius 3 is 2.96 bits per heavy atom. The Kier molecular flexibility index (Phi) is 4.77. The van der Waals surface area contributed by atoms with Gasteiger partial charge in [0.2, 0.25) is 5.89 Å². The third-order valence-electron chi connectivity index (χ3n) is 4.94. The molecule has 0 spiro atoms. The van der Waals surface area contributed by atoms with E-state index in [1.807, 2.05) is 12.1 Å². The van der Waals surface area contributed by atoms with Crippen LogP contribution in [0, 0.1) is 6.92 Å². The topological polar surface area (TPSA) is 93.0 Å². The van der Waals surface area contributed by atoms with Crippen LogP contribution in [0.25, 0.3) is 0 Å². The quantitative estimate of drug-likeness (QED) is 0.720. The van der Waals surface area contributed by atoms with Crippen molar-refractivity contribution in [3.8, 4) is 0 Å². The number of nitrogens with one attached hydrogen (secondary N) is 1. The molecule has 1 saturated heterocycles. The molecule has 8 nitrogen and oxygen atoms in total. The predicted molar refractivity (Wildman–Crippen MR) is 93.5 cm³/mol. The maximum Gasteiger partial charge on any atom is 0.240 e. The average Bonchev–Trinajstić information content (AvgIpc) is 3.38. The molecule has 1 N–H and O–H groups in total. The number of likely N-dealkylation sites (tertiary alicyclic amines) is 1. The Balaban J connectivity index is 1.41. The first-order valence-corrected chi connectivity index (χ1v) is 8.69. The van der Waals surface area contributed by atoms with Crippen LogP contribution in [0.5, 0.6) is 0 Å². The number of H-pyrrole nitrogens is 1. The number of methoxy groups -OCH3 is 1. The molecule has 0 amide bonds. The van der Waals surface area contributed by atoms with Gasteiger partial charge in [0.1, 0.15) is 0 Å². The molecule has 0 bridgehead atoms. The number of nitrogens with zero attached hydrogens (tertiary/aromatic N) is 5. The lowest BCUT2D eigenvalue weighted by Gasteiger charge is -2.13. The van der Waals surface area contributed by atoms with E-state index in [2.05, 4.69) is 49.5 Å². The second kappa shape index (κ2) is 7.35. The van der Waals surface area contributed by atoms with Crippen molar-refractivity contribution < 1.29 is 9.26 Å². The molecule has 2 aromatic heterocycles. The molecule has 0 saturated carbocycles. The van der Waals surface area contributed by atoms with Crippen molar-refractivity contribution in [1.29, 1.82) is 0 Å². The summed E-state index contributed by atoms with van der Waals surface area (Å²) in [6.45, 7) is 4.31. The number of hydrogen-bond acceptors (Lipinski definition) is 7. The van der Waals surface area contributed by atoms with Gasteiger partial charge in [-0.3, -0.25) is 4.90 Å². The molecule has 2 atom stereocenters. The number of aromatic nitrogens is 5. The zero-order valence-electron chi connectivity index (χ0n) is 14.9. The third kappa shape index (κ3) is 3.51. The molecular weight excluding hydrogens is 332 g/mol. The lowest BCUT2D eigenvalue weighted by molar-refractivity contribution is 0.0946. The summed E-state index contributed by atoms with van der Waals surface area (Å²) in [6, 6.07) is 8.25. The molecule has 1 aromatic carbocycles. The number of hydrogen-bond donors (Lipinski definition) is 1. The highest BCUT2D eigenvalue weighted by Crippen LogP contribution is 2.28. The highest BCUT2D eigenvalue weighted by atomic mass is 16.5. The molecule has 8 heteroatoms. The number of aryl methyl sites for hydroxylation is 1. The van der Waals surface area contributed by atoms with Gasteiger partial charge in [0.05, 0.1) is 24.5 Å². The van der Waals surface area contributed by atoms with Gasteiger partial charge < -0.3 is 9.26 Å². The van der Waals surface area contributed by atoms with Crippen LogP contribution in [0.15, 0.2) is 35.0 Å². The van der Waals surface area contributed by atoms with Crippen molar-refractivity contribution in [2.24, 2.45) is 0 Å². The summed E-state index contributed by atoms with van der Waals surface area (Å²) < 4.78 is 11.1. The monoisotopic (exact) mass is 354 g/mol. The van der Waals surface area contributed by atoms with E-state index < -0.39 is 0 Å². The van der Waals surface area contributed by atoms with Crippen molar-refractivity contribution >= 4 is 0 Å². The van der Waals surface area contributed by atoms with E-state index >= 15 is 0 Å². The minimum absolute atomic E-state index is 0.0782. The summed E-state index contributed by atoms with van der Waals surface area (Å²) in [5.41, 5.74) is 3.37. The smallest absolute Gasteiger partial charge is 0.240 e. The zero-order valence-corrected chi connectivity index (χ0v) is 14.9. The van der Waals surface area contributed by atoms with Crippen LogP contribution >= 0.6 is 0 Å². The molecule has 0 unspecified atom stereocenters. The molecule has 3 heterocycles. The van der Waals surface area contributed by atoms with E-state index in [-0.39, 0.29) is 12.0 Å². The number of aromatic amines is 1. The average molecular weight is 354 g/mol. The van der Waals surface area contributed by atoms with Crippen LogP contribution in [0.4, 0.5) is 0 Å². The Hall–Kier alpha value is -2.58. The summed E-state index contributed by atoms with van der Waals surface area (Å²) in [6.07, 6.45) is 2.51. The Morgan fingerprint density at radius 2 is 2.19 bits per heavy atom. The Bertz CT molecular complexity index is 847. The fourth-order valence-electron chi connectivity index (χ4n) is 3.49. The van der Waals surface area contributed by atoms with Gasteiger partial charge in [0.25, 0.3) is 0 Å². The van der Waals surface area contributed by atoms with Crippen LogP contribution < -0.4 is 0 Å². The van der Waals surface area contributed by atoms with Crippen LogP contribution in [0.2, 0.25) is 0 Å². The Labute approximate surface area is 151 Å². The summed E-state index contributed by atoms with van der Waals surface area (Å²) >= 11 is 0. The number of benzene rings is 1. The molecule has 0 aliphatic carbocycles. The maximum absolute atomic E-state index is 5.62. The lowest BCUT2D eigenvalue weighted by atomic mass is 10.0. The summed E-state index contributed by atoms with van der Waals surface area (Å²) in [7, 11) is 1.73. The first-order chi connectivity index (χ1) is 12.7. The van der Waals surface area contributed by atoms with Crippen molar-refractivity contribution in [1.82, 2.24) is 30.5 Å². The van der Waals surface area contributed by atoms with E-state index in [0.29, 0.717) is 24.7 Å². The molecule has 1 aliphatic rings. The molecule has 3 aromatic rings. The van der Waals surface area contributed by atoms with Crippen molar-refractivity contribution in [3.63, 3.8) is 0 Å². The molecule has 1 aliphatic heterocycles. The summed E-state index contributed by atoms with van der Waals surface area (Å²) in [5, 5.41) is 14.9. The van der Waals surface area contributed by atoms with Crippen molar-refractivity contribution in [2.45, 2.75) is 31.9 Å². The van der Waals surface area contributed by atoms with Gasteiger partial charge in [-0.05, 0) is 18.1 Å². The predicted octanol–water partition coefficient (Wildman–Crippen LogP) is 1.70. The van der Waals surface area contributed by atoms with E-state index in [1.165, 1.54) is 11.1 Å². The standard InChI is InChI=1S/C18H22N6O2/c1-12-5-3-4-6-13(12)7-17-20-18(26-22-17)11-24-9-14(16(10-24)25-2)15-8-19-23-21-15/h3-6,8,14,16H,7,9-11H2,1-2H3,(H,19,21,23)/t14-,16+/m0/s1. The minimum Gasteiger partial charge on any atom is -0.379 e. The van der Waals surface area contributed by atoms with Gasteiger partial charge in [0.15, 0.2) is 5.82 Å². The van der Waals surface area contributed by atoms with Crippen LogP contribution in [0.1, 0.15) is 34.5 Å². The van der Waals surface area contributed by atoms with E-state index in [9.17, 15) is 0 Å². The Morgan fingerprint density at radius 1 is 1.31 bits per heavy atom. The summed E-state index contributed by atoms with van der Waals surface area (Å²) in [5.74, 6) is 1.53. The molecule has 136 valence electrons. The fourth-order valence-corrected chi connectivity index (χ4v) is 3.49. The molecule has 26 heavy (non-hydrogen) atoms. The van der Waals surface area contributed by atoms with Crippen LogP contribution in [0.3, 0.4) is 0 Å². The van der Waals surface area contributed by atoms with Crippen molar-refractivity contribution in [3.05, 3.63) is 59.0 Å². The normalized spacial score (nSPS) is 20.7. The molecule has 0 radical (unpaired) electrons. The van der Waals surface area contributed by atoms with Crippen LogP contribution in [-0.4, -0.2) is 56.8 Å². The second-order valence-electron chi connectivity index (χ2n) is 6.68. The van der Waals surface area contributed by atoms with Gasteiger partial charge in [0, 0.05) is 32.5 Å². The summed E-state index contributed by atoms with van der Waals surface area (Å²) in [4.78, 5) is 6.80. The first kappa shape index (κ1) is 16.9. The minimum atomic E-state index is 0.0782. The first-order valence-electron chi connectivity index (χ1n) is 8.69. The SMILES string of the molecule is CO[C@@H]1CN(Cc2nc(Cc3ccccc3C)no2)C[C@H]1c1cn[nH]n1. The van der Waals surface area contributed by atoms with Gasteiger partial charge in [-0.2, -0.15) is 20.4 Å². The molecular formula is C18H22N6O2.